The standard InChI is InChI=1S/C15H17N.C13H21N.C12H19N.C11H15N.C10H14N2.C9H17N.C7H10N2.C7H15N.C6H14N2.2C6H13N.2C5H11N.C4H9N.9CH4/c1-16(12-14-8-4-2-5-9-14)13-15-10-6-3-7-11-15;1-11(2)14(12(3)4)10-13-8-6-5-7-9-13;1-12(2,3)13(4)10-11-8-6-5-7-9-11;1-2-6-11(7-3-1)10-12-8-4-5-9-12;1-12-7-3-5-10(12)9-4-2-6-11-8-9;1-10-6-8-2-3-9(7-10)5-4-8;1-9(2)7-3-5-8-6-4-7;1-8-6-4-2-3-5-7-8;1-7-3-5-8(2)6-4-7;2*1-7-5-3-2-4-6-7;2*1-6-4-2-3-5-6;1-5-3-2-4-5;;;;;;;;;/h2-11H,12-13H2,1H3;5-9,11-12H,10H2,1-4H3;5-9H,10H2,1-4H3;1-3,6-7H,4-5,8-10H2;2,4,6,8,10H,3,5,7H2,1H3;8-9H,2-7H2,1H3;3-6H,1-2H3;2-7H2,1H3;3-6H2,1-2H3;2*2-6H2,1H3;2*2-5H2,1H3;2-4H2,1H3;9*1H4/p+14. The molecule has 2 bridgehead atoms. The second kappa shape index (κ2) is 88.9. The maximum Gasteiger partial charge on any atom is 0.133 e. The summed E-state index contributed by atoms with van der Waals surface area (Å²) in [6.45, 7) is 50.5. The highest BCUT2D eigenvalue weighted by Crippen LogP contribution is 2.29. The predicted octanol–water partition coefficient (Wildman–Crippen LogP) is 7.88. The Morgan fingerprint density at radius 1 is 0.317 bits per heavy atom. The molecule has 3 atom stereocenters. The van der Waals surface area contributed by atoms with E-state index in [0.717, 1.165) is 38.0 Å². The van der Waals surface area contributed by atoms with Gasteiger partial charge in [-0.3, -0.25) is 14.9 Å². The molecule has 17 nitrogen and oxygen atoms in total. The molecule has 820 valence electrons. The Morgan fingerprint density at radius 3 is 0.915 bits per heavy atom. The first-order valence-corrected chi connectivity index (χ1v) is 54.2. The summed E-state index contributed by atoms with van der Waals surface area (Å²) < 4.78 is 0. The molecule has 13 heterocycles. The number of hydrogen-bond acceptors (Lipinski definition) is 3. The average molecular weight is 1990 g/mol. The summed E-state index contributed by atoms with van der Waals surface area (Å²) in [7, 11) is 31.3. The number of aromatic nitrogens is 2. The molecule has 5 aromatic carbocycles. The second-order valence-electron chi connectivity index (χ2n) is 44.0. The van der Waals surface area contributed by atoms with Gasteiger partial charge in [0.1, 0.15) is 44.5 Å². The van der Waals surface area contributed by atoms with Crippen molar-refractivity contribution in [1.82, 2.24) is 14.9 Å². The average Bonchev–Trinajstić information content (AvgIpc) is 1.72. The van der Waals surface area contributed by atoms with E-state index in [1.165, 1.54) is 341 Å². The molecule has 1 saturated carbocycles. The largest absolute Gasteiger partial charge is 0.337 e. The molecule has 11 aliphatic heterocycles. The van der Waals surface area contributed by atoms with Crippen LogP contribution in [0.2, 0.25) is 0 Å². The Hall–Kier alpha value is -6.20. The lowest BCUT2D eigenvalue weighted by molar-refractivity contribution is -0.955. The van der Waals surface area contributed by atoms with E-state index in [-0.39, 0.29) is 66.8 Å². The molecule has 7 aromatic rings. The van der Waals surface area contributed by atoms with Crippen molar-refractivity contribution in [3.63, 3.8) is 0 Å². The Kier molecular flexibility index (Phi) is 90.3. The van der Waals surface area contributed by atoms with Gasteiger partial charge in [-0.2, -0.15) is 0 Å². The van der Waals surface area contributed by atoms with Crippen LogP contribution in [0.3, 0.4) is 0 Å². The third kappa shape index (κ3) is 71.4. The lowest BCUT2D eigenvalue weighted by Gasteiger charge is -2.28. The molecule has 12 fully saturated rings. The van der Waals surface area contributed by atoms with Crippen LogP contribution in [0.1, 0.15) is 302 Å². The van der Waals surface area contributed by atoms with Gasteiger partial charge in [-0.25, -0.2) is 0 Å². The van der Waals surface area contributed by atoms with Gasteiger partial charge in [0.05, 0.1) is 234 Å². The highest BCUT2D eigenvalue weighted by atomic mass is 15.2. The summed E-state index contributed by atoms with van der Waals surface area (Å²) in [5.74, 6) is 2.16. The molecular formula is C125H249N17+14. The zero-order chi connectivity index (χ0) is 96.5. The van der Waals surface area contributed by atoms with E-state index in [9.17, 15) is 0 Å². The molecular weight excluding hydrogens is 1740 g/mol. The van der Waals surface area contributed by atoms with E-state index in [2.05, 4.69) is 320 Å². The van der Waals surface area contributed by atoms with Crippen LogP contribution < -0.4 is 68.6 Å². The van der Waals surface area contributed by atoms with Crippen LogP contribution >= 0.6 is 0 Å². The van der Waals surface area contributed by atoms with Gasteiger partial charge in [0, 0.05) is 153 Å². The maximum atomic E-state index is 4.15. The zero-order valence-corrected chi connectivity index (χ0v) is 89.9. The molecule has 11 saturated heterocycles. The first kappa shape index (κ1) is 144. The van der Waals surface area contributed by atoms with Crippen LogP contribution in [-0.2, 0) is 32.7 Å². The van der Waals surface area contributed by atoms with Gasteiger partial charge in [0.2, 0.25) is 0 Å². The number of quaternary nitrogens is 14. The van der Waals surface area contributed by atoms with E-state index in [1.807, 2.05) is 43.0 Å². The first-order valence-electron chi connectivity index (χ1n) is 54.2. The normalized spacial score (nSPS) is 20.1. The minimum absolute atomic E-state index is 0. The van der Waals surface area contributed by atoms with Gasteiger partial charge in [-0.1, -0.05) is 225 Å². The molecule has 19 rings (SSSR count). The molecule has 142 heavy (non-hydrogen) atoms. The molecule has 0 radical (unpaired) electrons. The molecule has 17 heteroatoms. The fourth-order valence-corrected chi connectivity index (χ4v) is 19.5. The van der Waals surface area contributed by atoms with Crippen molar-refractivity contribution in [3.05, 3.63) is 234 Å². The molecule has 0 spiro atoms. The van der Waals surface area contributed by atoms with E-state index in [1.54, 1.807) is 58.8 Å². The van der Waals surface area contributed by atoms with Crippen molar-refractivity contribution in [1.29, 1.82) is 0 Å². The first-order chi connectivity index (χ1) is 64.1. The van der Waals surface area contributed by atoms with Crippen molar-refractivity contribution in [2.24, 2.45) is 11.8 Å². The number of likely N-dealkylation sites (tertiary alicyclic amines) is 8. The van der Waals surface area contributed by atoms with Crippen molar-refractivity contribution < 1.29 is 68.6 Å². The van der Waals surface area contributed by atoms with E-state index >= 15 is 0 Å². The van der Waals surface area contributed by atoms with Crippen molar-refractivity contribution in [2.45, 2.75) is 319 Å². The summed E-state index contributed by atoms with van der Waals surface area (Å²) in [4.78, 5) is 33.6. The number of fused-ring (bicyclic) bond motifs is 4. The fourth-order valence-electron chi connectivity index (χ4n) is 19.5. The van der Waals surface area contributed by atoms with E-state index in [4.69, 9.17) is 0 Å². The van der Waals surface area contributed by atoms with Crippen molar-refractivity contribution in [3.8, 4) is 0 Å². The number of pyridine rings is 2. The highest BCUT2D eigenvalue weighted by Gasteiger charge is 2.31. The number of rotatable bonds is 14. The van der Waals surface area contributed by atoms with Crippen molar-refractivity contribution in [2.75, 3.05) is 236 Å². The quantitative estimate of drug-likeness (QED) is 0.0548. The third-order valence-corrected chi connectivity index (χ3v) is 29.2. The van der Waals surface area contributed by atoms with Gasteiger partial charge < -0.3 is 68.6 Å². The Labute approximate surface area is 885 Å². The summed E-state index contributed by atoms with van der Waals surface area (Å²) >= 11 is 0. The number of hydrogen-bond donors (Lipinski definition) is 14. The number of nitrogens with one attached hydrogen (secondary N) is 14. The molecule has 1 aliphatic carbocycles. The molecule has 2 aromatic heterocycles. The third-order valence-electron chi connectivity index (χ3n) is 29.2. The van der Waals surface area contributed by atoms with Crippen LogP contribution in [0.25, 0.3) is 0 Å². The number of nitrogens with zero attached hydrogens (tertiary/aromatic N) is 3. The number of benzene rings is 5. The van der Waals surface area contributed by atoms with Crippen LogP contribution in [0.4, 0.5) is 5.69 Å². The van der Waals surface area contributed by atoms with Crippen LogP contribution in [-0.4, -0.2) is 269 Å². The molecule has 0 amide bonds. The maximum absolute atomic E-state index is 4.15. The van der Waals surface area contributed by atoms with Gasteiger partial charge in [-0.05, 0) is 151 Å². The minimum atomic E-state index is 0. The Morgan fingerprint density at radius 2 is 0.627 bits per heavy atom. The zero-order valence-electron chi connectivity index (χ0n) is 89.9. The molecule has 14 N–H and O–H groups in total. The fraction of sp³-hybridized carbons (Fsp3) is 0.680. The monoisotopic (exact) mass is 1990 g/mol. The predicted molar refractivity (Wildman–Crippen MR) is 626 cm³/mol. The lowest BCUT2D eigenvalue weighted by atomic mass is 9.84. The number of likely N-dealkylation sites (N-methyl/N-ethyl adjacent to an activating group) is 2. The van der Waals surface area contributed by atoms with Crippen molar-refractivity contribution >= 4 is 5.69 Å². The van der Waals surface area contributed by atoms with E-state index < -0.39 is 0 Å². The topological polar surface area (TPSA) is 91.2 Å². The van der Waals surface area contributed by atoms with Crippen LogP contribution in [0.15, 0.2) is 201 Å². The SMILES string of the molecule is C.C.C.C.C.C.C.C.C.CC(C)[NH+](Cc1ccccc1)C(C)C.CN1CC[NH+](C)CC1.C[NH+](C)c1ccncc1.C[NH+](Cc1ccccc1)C(C)(C)C.C[NH+](Cc1ccccc1)Cc1ccccc1.C[NH+]1CC2CCC(CC2)C1.C[NH+]1CCC1.C[NH+]1CCCC1.C[NH+]1CCCC1.C[NH+]1CCCC1c1cccnc1.C[NH+]1CCCCC1.C[NH+]1CCCCC1.C[NH+]1CCCCCC1.c1ccc(C[NH+]2CCCC2)cc1. The molecule has 12 aliphatic rings. The number of piperidine rings is 2. The lowest BCUT2D eigenvalue weighted by Crippen LogP contribution is -3.16. The summed E-state index contributed by atoms with van der Waals surface area (Å²) in [6, 6.07) is 63.8. The smallest absolute Gasteiger partial charge is 0.133 e. The summed E-state index contributed by atoms with van der Waals surface area (Å²) in [6.07, 6.45) is 40.9. The van der Waals surface area contributed by atoms with Gasteiger partial charge in [-0.15, -0.1) is 0 Å². The van der Waals surface area contributed by atoms with Crippen LogP contribution in [0, 0.1) is 11.8 Å². The molecule has 3 unspecified atom stereocenters. The van der Waals surface area contributed by atoms with Crippen LogP contribution in [0.5, 0.6) is 0 Å². The Bertz CT molecular complexity index is 3610. The minimum Gasteiger partial charge on any atom is -0.337 e. The second-order valence-corrected chi connectivity index (χ2v) is 44.0. The van der Waals surface area contributed by atoms with Gasteiger partial charge >= 0.3 is 0 Å². The Balaban J connectivity index is -0.000000477. The summed E-state index contributed by atoms with van der Waals surface area (Å²) in [5.41, 5.74) is 10.1. The number of piperazine rings is 1. The highest BCUT2D eigenvalue weighted by molar-refractivity contribution is 5.24. The summed E-state index contributed by atoms with van der Waals surface area (Å²) in [5, 5.41) is 0. The van der Waals surface area contributed by atoms with Gasteiger partial charge in [0.15, 0.2) is 0 Å². The van der Waals surface area contributed by atoms with Gasteiger partial charge in [0.25, 0.3) is 0 Å². The van der Waals surface area contributed by atoms with E-state index in [0.29, 0.717) is 23.7 Å².